The van der Waals surface area contributed by atoms with E-state index in [1.165, 1.54) is 0 Å². The predicted molar refractivity (Wildman–Crippen MR) is 79.9 cm³/mol. The number of aryl methyl sites for hydroxylation is 2. The molecule has 0 amide bonds. The monoisotopic (exact) mass is 258 g/mol. The molecule has 1 N–H and O–H groups in total. The Morgan fingerprint density at radius 2 is 1.95 bits per heavy atom. The number of aromatic nitrogens is 2. The Hall–Kier alpha value is -1.81. The molecule has 2 aromatic rings. The highest BCUT2D eigenvalue weighted by molar-refractivity contribution is 5.53. The summed E-state index contributed by atoms with van der Waals surface area (Å²) in [5, 5.41) is 3.37. The van der Waals surface area contributed by atoms with Crippen LogP contribution in [0.25, 0.3) is 0 Å². The fourth-order valence-corrected chi connectivity index (χ4v) is 2.02. The van der Waals surface area contributed by atoms with E-state index in [1.807, 2.05) is 37.3 Å². The number of imidazole rings is 1. The van der Waals surface area contributed by atoms with Crippen LogP contribution in [-0.2, 0) is 6.54 Å². The third-order valence-corrected chi connectivity index (χ3v) is 2.93. The van der Waals surface area contributed by atoms with Gasteiger partial charge in [-0.3, -0.25) is 0 Å². The summed E-state index contributed by atoms with van der Waals surface area (Å²) in [6.45, 7) is 4.09. The van der Waals surface area contributed by atoms with E-state index in [0.717, 1.165) is 36.8 Å². The molecule has 0 atom stereocenters. The first-order chi connectivity index (χ1) is 9.15. The van der Waals surface area contributed by atoms with E-state index < -0.39 is 0 Å². The van der Waals surface area contributed by atoms with Crippen molar-refractivity contribution >= 4 is 11.6 Å². The predicted octanol–water partition coefficient (Wildman–Crippen LogP) is 2.89. The molecule has 102 valence electrons. The van der Waals surface area contributed by atoms with Gasteiger partial charge in [0.25, 0.3) is 0 Å². The number of para-hydroxylation sites is 1. The number of hydrogen-bond donors (Lipinski definition) is 1. The van der Waals surface area contributed by atoms with Gasteiger partial charge in [0.05, 0.1) is 5.69 Å². The Morgan fingerprint density at radius 1 is 1.21 bits per heavy atom. The van der Waals surface area contributed by atoms with Gasteiger partial charge < -0.3 is 14.8 Å². The smallest absolute Gasteiger partial charge is 0.207 e. The molecule has 0 bridgehead atoms. The molecule has 4 heteroatoms. The van der Waals surface area contributed by atoms with Crippen molar-refractivity contribution < 1.29 is 0 Å². The van der Waals surface area contributed by atoms with Crippen LogP contribution in [0, 0.1) is 6.92 Å². The van der Waals surface area contributed by atoms with E-state index in [-0.39, 0.29) is 0 Å². The number of hydrogen-bond acceptors (Lipinski definition) is 3. The SMILES string of the molecule is Cc1cn(CCCN(C)C)c(Nc2ccccc2)n1. The lowest BCUT2D eigenvalue weighted by Gasteiger charge is -2.12. The number of rotatable bonds is 6. The normalized spacial score (nSPS) is 10.9. The van der Waals surface area contributed by atoms with Gasteiger partial charge in [0.15, 0.2) is 0 Å². The molecule has 0 saturated heterocycles. The summed E-state index contributed by atoms with van der Waals surface area (Å²) in [5.74, 6) is 0.919. The van der Waals surface area contributed by atoms with Crippen LogP contribution in [0.5, 0.6) is 0 Å². The summed E-state index contributed by atoms with van der Waals surface area (Å²) in [6, 6.07) is 10.2. The highest BCUT2D eigenvalue weighted by Crippen LogP contribution is 2.16. The highest BCUT2D eigenvalue weighted by atomic mass is 15.2. The van der Waals surface area contributed by atoms with Gasteiger partial charge in [0.2, 0.25) is 5.95 Å². The first-order valence-electron chi connectivity index (χ1n) is 6.66. The lowest BCUT2D eigenvalue weighted by Crippen LogP contribution is -2.15. The Balaban J connectivity index is 2.04. The molecule has 1 aromatic heterocycles. The average molecular weight is 258 g/mol. The molecule has 0 aliphatic carbocycles. The summed E-state index contributed by atoms with van der Waals surface area (Å²) < 4.78 is 2.19. The van der Waals surface area contributed by atoms with Crippen LogP contribution in [0.4, 0.5) is 11.6 Å². The van der Waals surface area contributed by atoms with E-state index in [1.54, 1.807) is 0 Å². The zero-order valence-corrected chi connectivity index (χ0v) is 11.9. The van der Waals surface area contributed by atoms with E-state index in [2.05, 4.69) is 40.1 Å². The van der Waals surface area contributed by atoms with Gasteiger partial charge in [-0.25, -0.2) is 4.98 Å². The molecular weight excluding hydrogens is 236 g/mol. The maximum absolute atomic E-state index is 4.54. The van der Waals surface area contributed by atoms with Crippen molar-refractivity contribution in [3.8, 4) is 0 Å². The maximum Gasteiger partial charge on any atom is 0.207 e. The molecular formula is C15H22N4. The van der Waals surface area contributed by atoms with Gasteiger partial charge in [-0.1, -0.05) is 18.2 Å². The van der Waals surface area contributed by atoms with Gasteiger partial charge in [-0.05, 0) is 46.1 Å². The van der Waals surface area contributed by atoms with Gasteiger partial charge in [0.1, 0.15) is 0 Å². The van der Waals surface area contributed by atoms with E-state index in [9.17, 15) is 0 Å². The van der Waals surface area contributed by atoms with Gasteiger partial charge >= 0.3 is 0 Å². The number of anilines is 2. The summed E-state index contributed by atoms with van der Waals surface area (Å²) in [6.07, 6.45) is 3.22. The minimum atomic E-state index is 0.919. The fourth-order valence-electron chi connectivity index (χ4n) is 2.02. The Labute approximate surface area is 115 Å². The lowest BCUT2D eigenvalue weighted by atomic mass is 10.3. The van der Waals surface area contributed by atoms with Crippen molar-refractivity contribution in [2.75, 3.05) is 26.0 Å². The number of nitrogens with one attached hydrogen (secondary N) is 1. The molecule has 0 fully saturated rings. The zero-order chi connectivity index (χ0) is 13.7. The largest absolute Gasteiger partial charge is 0.326 e. The molecule has 4 nitrogen and oxygen atoms in total. The zero-order valence-electron chi connectivity index (χ0n) is 11.9. The van der Waals surface area contributed by atoms with Crippen molar-refractivity contribution in [3.05, 3.63) is 42.2 Å². The molecule has 0 radical (unpaired) electrons. The van der Waals surface area contributed by atoms with Gasteiger partial charge in [0, 0.05) is 18.4 Å². The molecule has 19 heavy (non-hydrogen) atoms. The van der Waals surface area contributed by atoms with Crippen LogP contribution in [0.1, 0.15) is 12.1 Å². The van der Waals surface area contributed by atoms with Gasteiger partial charge in [-0.15, -0.1) is 0 Å². The van der Waals surface area contributed by atoms with Crippen molar-refractivity contribution in [1.82, 2.24) is 14.5 Å². The highest BCUT2D eigenvalue weighted by Gasteiger charge is 2.05. The molecule has 0 aliphatic rings. The molecule has 1 aromatic carbocycles. The second-order valence-electron chi connectivity index (χ2n) is 5.05. The summed E-state index contributed by atoms with van der Waals surface area (Å²) >= 11 is 0. The van der Waals surface area contributed by atoms with E-state index in [4.69, 9.17) is 0 Å². The number of nitrogens with zero attached hydrogens (tertiary/aromatic N) is 3. The number of benzene rings is 1. The lowest BCUT2D eigenvalue weighted by molar-refractivity contribution is 0.387. The Kier molecular flexibility index (Phi) is 4.58. The molecule has 1 heterocycles. The minimum absolute atomic E-state index is 0.919. The fraction of sp³-hybridized carbons (Fsp3) is 0.400. The van der Waals surface area contributed by atoms with Crippen LogP contribution in [0.15, 0.2) is 36.5 Å². The van der Waals surface area contributed by atoms with Crippen molar-refractivity contribution in [1.29, 1.82) is 0 Å². The van der Waals surface area contributed by atoms with Crippen molar-refractivity contribution in [2.24, 2.45) is 0 Å². The van der Waals surface area contributed by atoms with Crippen LogP contribution >= 0.6 is 0 Å². The van der Waals surface area contributed by atoms with Crippen LogP contribution in [-0.4, -0.2) is 35.1 Å². The minimum Gasteiger partial charge on any atom is -0.326 e. The second kappa shape index (κ2) is 6.38. The molecule has 0 unspecified atom stereocenters. The third kappa shape index (κ3) is 4.10. The standard InChI is InChI=1S/C15H22N4/c1-13-12-19(11-7-10-18(2)3)15(16-13)17-14-8-5-4-6-9-14/h4-6,8-9,12H,7,10-11H2,1-3H3,(H,16,17). The van der Waals surface area contributed by atoms with Crippen LogP contribution in [0.3, 0.4) is 0 Å². The van der Waals surface area contributed by atoms with Crippen molar-refractivity contribution in [2.45, 2.75) is 19.9 Å². The third-order valence-electron chi connectivity index (χ3n) is 2.93. The topological polar surface area (TPSA) is 33.1 Å². The van der Waals surface area contributed by atoms with Gasteiger partial charge in [-0.2, -0.15) is 0 Å². The Bertz CT molecular complexity index is 502. The molecule has 0 saturated carbocycles. The first-order valence-corrected chi connectivity index (χ1v) is 6.66. The first kappa shape index (κ1) is 13.6. The van der Waals surface area contributed by atoms with E-state index in [0.29, 0.717) is 0 Å². The van der Waals surface area contributed by atoms with Crippen LogP contribution in [0.2, 0.25) is 0 Å². The molecule has 0 spiro atoms. The summed E-state index contributed by atoms with van der Waals surface area (Å²) in [5.41, 5.74) is 2.12. The van der Waals surface area contributed by atoms with Crippen molar-refractivity contribution in [3.63, 3.8) is 0 Å². The Morgan fingerprint density at radius 3 is 2.63 bits per heavy atom. The summed E-state index contributed by atoms with van der Waals surface area (Å²) in [7, 11) is 4.20. The molecule has 2 rings (SSSR count). The second-order valence-corrected chi connectivity index (χ2v) is 5.05. The molecule has 0 aliphatic heterocycles. The quantitative estimate of drug-likeness (QED) is 0.865. The van der Waals surface area contributed by atoms with E-state index >= 15 is 0 Å². The average Bonchev–Trinajstić information content (AvgIpc) is 2.70. The summed E-state index contributed by atoms with van der Waals surface area (Å²) in [4.78, 5) is 6.74. The maximum atomic E-state index is 4.54. The van der Waals surface area contributed by atoms with Crippen LogP contribution < -0.4 is 5.32 Å².